The van der Waals surface area contributed by atoms with Crippen LogP contribution >= 0.6 is 12.2 Å². The van der Waals surface area contributed by atoms with Crippen molar-refractivity contribution in [2.75, 3.05) is 17.3 Å². The maximum absolute atomic E-state index is 5.53. The zero-order chi connectivity index (χ0) is 19.5. The number of anilines is 2. The molecule has 0 unspecified atom stereocenters. The first-order valence-electron chi connectivity index (χ1n) is 8.95. The molecule has 1 aliphatic heterocycles. The van der Waals surface area contributed by atoms with E-state index in [2.05, 4.69) is 49.8 Å². The van der Waals surface area contributed by atoms with Gasteiger partial charge >= 0.3 is 0 Å². The predicted octanol–water partition coefficient (Wildman–Crippen LogP) is 3.39. The fraction of sp³-hybridized carbons (Fsp3) is 0.250. The lowest BCUT2D eigenvalue weighted by Crippen LogP contribution is -2.29. The molecule has 7 nitrogen and oxygen atoms in total. The third-order valence-corrected chi connectivity index (χ3v) is 4.75. The monoisotopic (exact) mass is 395 g/mol. The molecule has 0 amide bonds. The summed E-state index contributed by atoms with van der Waals surface area (Å²) in [6.07, 6.45) is 0. The van der Waals surface area contributed by atoms with E-state index >= 15 is 0 Å². The Balaban J connectivity index is 1.45. The minimum absolute atomic E-state index is 0.387. The van der Waals surface area contributed by atoms with E-state index in [1.807, 2.05) is 25.1 Å². The summed E-state index contributed by atoms with van der Waals surface area (Å²) in [5, 5.41) is 6.54. The van der Waals surface area contributed by atoms with Crippen LogP contribution in [0.25, 0.3) is 0 Å². The van der Waals surface area contributed by atoms with Crippen molar-refractivity contribution >= 4 is 29.1 Å². The van der Waals surface area contributed by atoms with Crippen molar-refractivity contribution < 1.29 is 9.15 Å². The van der Waals surface area contributed by atoms with E-state index in [1.54, 1.807) is 7.11 Å². The van der Waals surface area contributed by atoms with Gasteiger partial charge in [0.2, 0.25) is 11.8 Å². The predicted molar refractivity (Wildman–Crippen MR) is 111 cm³/mol. The third-order valence-electron chi connectivity index (χ3n) is 4.51. The number of thiocarbonyl (C=S) groups is 1. The van der Waals surface area contributed by atoms with Crippen LogP contribution in [0, 0.1) is 6.92 Å². The lowest BCUT2D eigenvalue weighted by Gasteiger charge is -2.18. The van der Waals surface area contributed by atoms with Crippen molar-refractivity contribution in [3.05, 3.63) is 65.1 Å². The van der Waals surface area contributed by atoms with E-state index in [0.29, 0.717) is 23.5 Å². The van der Waals surface area contributed by atoms with E-state index in [-0.39, 0.29) is 0 Å². The van der Waals surface area contributed by atoms with Gasteiger partial charge in [-0.05, 0) is 42.4 Å². The van der Waals surface area contributed by atoms with Gasteiger partial charge in [0.15, 0.2) is 5.11 Å². The number of aryl methyl sites for hydroxylation is 1. The van der Waals surface area contributed by atoms with Crippen molar-refractivity contribution in [2.45, 2.75) is 26.6 Å². The standard InChI is InChI=1S/C20H21N5O2S/c1-13-7-8-16(27-13)10-21-20(28)24-19-22-17(9-18(23-19)26-2)25-11-14-5-3-4-6-15(14)12-25/h3-9H,10-12H2,1-2H3,(H2,21,22,23,24,28). The number of furan rings is 1. The van der Waals surface area contributed by atoms with Crippen LogP contribution < -0.4 is 20.3 Å². The molecule has 0 atom stereocenters. The summed E-state index contributed by atoms with van der Waals surface area (Å²) in [5.74, 6) is 3.33. The second-order valence-electron chi connectivity index (χ2n) is 6.54. The van der Waals surface area contributed by atoms with Crippen molar-refractivity contribution in [1.82, 2.24) is 15.3 Å². The van der Waals surface area contributed by atoms with Crippen LogP contribution in [0.1, 0.15) is 22.6 Å². The number of rotatable bonds is 5. The molecule has 144 valence electrons. The van der Waals surface area contributed by atoms with E-state index in [9.17, 15) is 0 Å². The molecule has 0 radical (unpaired) electrons. The number of nitrogens with one attached hydrogen (secondary N) is 2. The Morgan fingerprint density at radius 2 is 1.93 bits per heavy atom. The Morgan fingerprint density at radius 3 is 2.57 bits per heavy atom. The molecule has 2 N–H and O–H groups in total. The van der Waals surface area contributed by atoms with E-state index in [4.69, 9.17) is 21.4 Å². The van der Waals surface area contributed by atoms with Crippen molar-refractivity contribution in [2.24, 2.45) is 0 Å². The lowest BCUT2D eigenvalue weighted by molar-refractivity contribution is 0.397. The second kappa shape index (κ2) is 7.85. The van der Waals surface area contributed by atoms with Gasteiger partial charge in [-0.25, -0.2) is 0 Å². The highest BCUT2D eigenvalue weighted by Gasteiger charge is 2.21. The fourth-order valence-electron chi connectivity index (χ4n) is 3.12. The molecule has 0 bridgehead atoms. The number of hydrogen-bond donors (Lipinski definition) is 2. The van der Waals surface area contributed by atoms with Crippen LogP contribution in [-0.2, 0) is 19.6 Å². The van der Waals surface area contributed by atoms with Crippen LogP contribution in [0.15, 0.2) is 46.9 Å². The van der Waals surface area contributed by atoms with Gasteiger partial charge in [0.05, 0.1) is 13.7 Å². The molecular weight excluding hydrogens is 374 g/mol. The quantitative estimate of drug-likeness (QED) is 0.637. The highest BCUT2D eigenvalue weighted by molar-refractivity contribution is 7.80. The summed E-state index contributed by atoms with van der Waals surface area (Å²) < 4.78 is 10.9. The topological polar surface area (TPSA) is 75.5 Å². The number of aromatic nitrogens is 2. The van der Waals surface area contributed by atoms with Crippen LogP contribution in [0.3, 0.4) is 0 Å². The van der Waals surface area contributed by atoms with Gasteiger partial charge in [-0.2, -0.15) is 9.97 Å². The van der Waals surface area contributed by atoms with E-state index < -0.39 is 0 Å². The zero-order valence-corrected chi connectivity index (χ0v) is 16.5. The molecule has 8 heteroatoms. The Bertz CT molecular complexity index is 979. The van der Waals surface area contributed by atoms with Gasteiger partial charge in [-0.3, -0.25) is 0 Å². The summed E-state index contributed by atoms with van der Waals surface area (Å²) in [5.41, 5.74) is 2.61. The first-order valence-corrected chi connectivity index (χ1v) is 9.36. The first kappa shape index (κ1) is 18.2. The van der Waals surface area contributed by atoms with Gasteiger partial charge < -0.3 is 24.7 Å². The highest BCUT2D eigenvalue weighted by atomic mass is 32.1. The molecule has 0 fully saturated rings. The smallest absolute Gasteiger partial charge is 0.234 e. The van der Waals surface area contributed by atoms with Gasteiger partial charge in [0.1, 0.15) is 17.3 Å². The maximum atomic E-state index is 5.53. The summed E-state index contributed by atoms with van der Waals surface area (Å²) in [7, 11) is 1.59. The minimum Gasteiger partial charge on any atom is -0.481 e. The second-order valence-corrected chi connectivity index (χ2v) is 6.95. The number of ether oxygens (including phenoxy) is 1. The molecule has 0 spiro atoms. The van der Waals surface area contributed by atoms with Gasteiger partial charge in [0.25, 0.3) is 0 Å². The van der Waals surface area contributed by atoms with Crippen molar-refractivity contribution in [1.29, 1.82) is 0 Å². The lowest BCUT2D eigenvalue weighted by atomic mass is 10.1. The zero-order valence-electron chi connectivity index (χ0n) is 15.7. The molecule has 0 saturated carbocycles. The molecule has 2 aromatic heterocycles. The van der Waals surface area contributed by atoms with E-state index in [0.717, 1.165) is 30.4 Å². The first-order chi connectivity index (χ1) is 13.6. The Hall–Kier alpha value is -3.13. The van der Waals surface area contributed by atoms with Crippen molar-refractivity contribution in [3.63, 3.8) is 0 Å². The summed E-state index contributed by atoms with van der Waals surface area (Å²) in [4.78, 5) is 11.2. The number of fused-ring (bicyclic) bond motifs is 1. The molecule has 4 rings (SSSR count). The van der Waals surface area contributed by atoms with Crippen molar-refractivity contribution in [3.8, 4) is 5.88 Å². The number of nitrogens with zero attached hydrogens (tertiary/aromatic N) is 3. The Kier molecular flexibility index (Phi) is 5.12. The third kappa shape index (κ3) is 4.07. The molecule has 3 aromatic rings. The normalized spacial score (nSPS) is 12.6. The van der Waals surface area contributed by atoms with Gasteiger partial charge in [0, 0.05) is 19.2 Å². The number of methoxy groups -OCH3 is 1. The van der Waals surface area contributed by atoms with Crippen LogP contribution in [-0.4, -0.2) is 22.2 Å². The number of hydrogen-bond acceptors (Lipinski definition) is 6. The fourth-order valence-corrected chi connectivity index (χ4v) is 3.29. The molecule has 28 heavy (non-hydrogen) atoms. The molecule has 0 saturated heterocycles. The van der Waals surface area contributed by atoms with Crippen LogP contribution in [0.5, 0.6) is 5.88 Å². The summed E-state index contributed by atoms with van der Waals surface area (Å²) in [6.45, 7) is 3.99. The Morgan fingerprint density at radius 1 is 1.18 bits per heavy atom. The molecular formula is C20H21N5O2S. The summed E-state index contributed by atoms with van der Waals surface area (Å²) in [6, 6.07) is 14.1. The van der Waals surface area contributed by atoms with Crippen LogP contribution in [0.2, 0.25) is 0 Å². The minimum atomic E-state index is 0.387. The summed E-state index contributed by atoms with van der Waals surface area (Å²) >= 11 is 5.36. The largest absolute Gasteiger partial charge is 0.481 e. The van der Waals surface area contributed by atoms with Crippen LogP contribution in [0.4, 0.5) is 11.8 Å². The van der Waals surface area contributed by atoms with E-state index in [1.165, 1.54) is 11.1 Å². The average molecular weight is 395 g/mol. The average Bonchev–Trinajstić information content (AvgIpc) is 3.32. The molecule has 1 aliphatic rings. The Labute approximate surface area is 168 Å². The maximum Gasteiger partial charge on any atom is 0.234 e. The molecule has 0 aliphatic carbocycles. The van der Waals surface area contributed by atoms with Gasteiger partial charge in [-0.15, -0.1) is 0 Å². The number of benzene rings is 1. The van der Waals surface area contributed by atoms with Gasteiger partial charge in [-0.1, -0.05) is 24.3 Å². The SMILES string of the molecule is COc1cc(N2Cc3ccccc3C2)nc(NC(=S)NCc2ccc(C)o2)n1. The molecule has 1 aromatic carbocycles. The highest BCUT2D eigenvalue weighted by Crippen LogP contribution is 2.29. The molecule has 3 heterocycles.